The highest BCUT2D eigenvalue weighted by atomic mass is 32.1. The highest BCUT2D eigenvalue weighted by Gasteiger charge is 2.48. The maximum atomic E-state index is 12.3. The van der Waals surface area contributed by atoms with E-state index in [9.17, 15) is 14.7 Å². The van der Waals surface area contributed by atoms with Crippen LogP contribution < -0.4 is 0 Å². The van der Waals surface area contributed by atoms with Crippen LogP contribution in [0.15, 0.2) is 23.6 Å². The summed E-state index contributed by atoms with van der Waals surface area (Å²) >= 11 is 1.56. The Morgan fingerprint density at radius 2 is 2.25 bits per heavy atom. The summed E-state index contributed by atoms with van der Waals surface area (Å²) in [7, 11) is 0. The van der Waals surface area contributed by atoms with Crippen LogP contribution in [0.1, 0.15) is 24.1 Å². The number of fused-ring (bicyclic) bond motifs is 1. The van der Waals surface area contributed by atoms with Crippen LogP contribution in [-0.4, -0.2) is 34.5 Å². The molecule has 20 heavy (non-hydrogen) atoms. The first-order valence-corrected chi connectivity index (χ1v) is 7.80. The normalized spacial score (nSPS) is 29.0. The Hall–Kier alpha value is -1.62. The van der Waals surface area contributed by atoms with E-state index in [0.717, 1.165) is 24.1 Å². The zero-order valence-corrected chi connectivity index (χ0v) is 11.9. The molecule has 4 nitrogen and oxygen atoms in total. The quantitative estimate of drug-likeness (QED) is 0.870. The molecule has 0 aromatic carbocycles. The zero-order valence-electron chi connectivity index (χ0n) is 11.1. The van der Waals surface area contributed by atoms with Crippen molar-refractivity contribution in [1.82, 2.24) is 4.90 Å². The van der Waals surface area contributed by atoms with E-state index in [2.05, 4.69) is 0 Å². The predicted molar refractivity (Wildman–Crippen MR) is 77.3 cm³/mol. The molecule has 1 N–H and O–H groups in total. The third-order valence-corrected chi connectivity index (χ3v) is 5.20. The van der Waals surface area contributed by atoms with Gasteiger partial charge < -0.3 is 10.0 Å². The van der Waals surface area contributed by atoms with Gasteiger partial charge in [0, 0.05) is 17.5 Å². The fraction of sp³-hybridized carbons (Fsp3) is 0.467. The molecule has 1 aliphatic heterocycles. The van der Waals surface area contributed by atoms with Crippen molar-refractivity contribution in [1.29, 1.82) is 0 Å². The van der Waals surface area contributed by atoms with Gasteiger partial charge in [-0.3, -0.25) is 4.79 Å². The lowest BCUT2D eigenvalue weighted by molar-refractivity contribution is -0.148. The van der Waals surface area contributed by atoms with Gasteiger partial charge in [-0.15, -0.1) is 11.3 Å². The Morgan fingerprint density at radius 1 is 1.40 bits per heavy atom. The Bertz CT molecular complexity index is 537. The van der Waals surface area contributed by atoms with Gasteiger partial charge in [0.1, 0.15) is 6.04 Å². The molecule has 0 spiro atoms. The van der Waals surface area contributed by atoms with Gasteiger partial charge in [0.05, 0.1) is 0 Å². The molecule has 2 heterocycles. The summed E-state index contributed by atoms with van der Waals surface area (Å²) in [6.45, 7) is 0.593. The monoisotopic (exact) mass is 291 g/mol. The van der Waals surface area contributed by atoms with Gasteiger partial charge >= 0.3 is 5.97 Å². The number of aliphatic carboxylic acids is 1. The summed E-state index contributed by atoms with van der Waals surface area (Å²) in [6.07, 6.45) is 6.34. The highest BCUT2D eigenvalue weighted by molar-refractivity contribution is 7.10. The van der Waals surface area contributed by atoms with Crippen LogP contribution in [0.2, 0.25) is 0 Å². The van der Waals surface area contributed by atoms with Crippen molar-refractivity contribution in [2.75, 3.05) is 6.54 Å². The van der Waals surface area contributed by atoms with Crippen molar-refractivity contribution in [3.63, 3.8) is 0 Å². The van der Waals surface area contributed by atoms with Gasteiger partial charge in [-0.25, -0.2) is 4.79 Å². The zero-order chi connectivity index (χ0) is 14.1. The molecule has 5 heteroatoms. The molecular weight excluding hydrogens is 274 g/mol. The second kappa shape index (κ2) is 5.40. The van der Waals surface area contributed by atoms with E-state index < -0.39 is 12.0 Å². The van der Waals surface area contributed by atoms with Crippen LogP contribution in [0.4, 0.5) is 0 Å². The molecule has 3 atom stereocenters. The number of hydrogen-bond acceptors (Lipinski definition) is 3. The van der Waals surface area contributed by atoms with Crippen molar-refractivity contribution in [2.24, 2.45) is 11.8 Å². The SMILES string of the molecule is O=C(O)C1C2CCCC2CN1C(=O)/C=C/c1cccs1. The number of carboxylic acids is 1. The second-order valence-corrected chi connectivity index (χ2v) is 6.46. The minimum Gasteiger partial charge on any atom is -0.480 e. The van der Waals surface area contributed by atoms with Crippen molar-refractivity contribution in [3.05, 3.63) is 28.5 Å². The van der Waals surface area contributed by atoms with E-state index >= 15 is 0 Å². The molecule has 1 saturated carbocycles. The minimum absolute atomic E-state index is 0.145. The number of carbonyl (C=O) groups is 2. The van der Waals surface area contributed by atoms with Crippen LogP contribution in [0, 0.1) is 11.8 Å². The lowest BCUT2D eigenvalue weighted by atomic mass is 9.94. The number of likely N-dealkylation sites (tertiary alicyclic amines) is 1. The van der Waals surface area contributed by atoms with E-state index in [-0.39, 0.29) is 11.8 Å². The summed E-state index contributed by atoms with van der Waals surface area (Å²) in [6, 6.07) is 3.22. The van der Waals surface area contributed by atoms with Crippen LogP contribution in [-0.2, 0) is 9.59 Å². The number of nitrogens with zero attached hydrogens (tertiary/aromatic N) is 1. The van der Waals surface area contributed by atoms with Crippen molar-refractivity contribution >= 4 is 29.3 Å². The van der Waals surface area contributed by atoms with Gasteiger partial charge in [-0.2, -0.15) is 0 Å². The van der Waals surface area contributed by atoms with Gasteiger partial charge in [-0.05, 0) is 42.2 Å². The number of thiophene rings is 1. The molecule has 1 aliphatic carbocycles. The van der Waals surface area contributed by atoms with Crippen LogP contribution in [0.5, 0.6) is 0 Å². The fourth-order valence-corrected chi connectivity index (χ4v) is 4.10. The van der Waals surface area contributed by atoms with Gasteiger partial charge in [-0.1, -0.05) is 12.5 Å². The number of carbonyl (C=O) groups excluding carboxylic acids is 1. The molecule has 2 aliphatic rings. The molecule has 1 aromatic rings. The first kappa shape index (κ1) is 13.4. The Balaban J connectivity index is 1.75. The Morgan fingerprint density at radius 3 is 2.95 bits per heavy atom. The molecule has 1 amide bonds. The smallest absolute Gasteiger partial charge is 0.326 e. The standard InChI is InChI=1S/C15H17NO3S/c17-13(7-6-11-4-2-8-20-11)16-9-10-3-1-5-12(10)14(16)15(18)19/h2,4,6-8,10,12,14H,1,3,5,9H2,(H,18,19)/b7-6+. The maximum Gasteiger partial charge on any atom is 0.326 e. The number of carboxylic acid groups (broad SMARTS) is 1. The molecule has 1 aromatic heterocycles. The predicted octanol–water partition coefficient (Wildman–Crippen LogP) is 2.47. The molecule has 2 fully saturated rings. The first-order chi connectivity index (χ1) is 9.66. The van der Waals surface area contributed by atoms with E-state index in [4.69, 9.17) is 0 Å². The highest BCUT2D eigenvalue weighted by Crippen LogP contribution is 2.42. The average Bonchev–Trinajstić information content (AvgIpc) is 3.10. The van der Waals surface area contributed by atoms with Gasteiger partial charge in [0.25, 0.3) is 0 Å². The summed E-state index contributed by atoms with van der Waals surface area (Å²) in [5, 5.41) is 11.4. The van der Waals surface area contributed by atoms with Crippen LogP contribution in [0.3, 0.4) is 0 Å². The average molecular weight is 291 g/mol. The maximum absolute atomic E-state index is 12.3. The van der Waals surface area contributed by atoms with E-state index in [1.54, 1.807) is 22.3 Å². The van der Waals surface area contributed by atoms with Crippen molar-refractivity contribution in [2.45, 2.75) is 25.3 Å². The van der Waals surface area contributed by atoms with Gasteiger partial charge in [0.15, 0.2) is 0 Å². The summed E-state index contributed by atoms with van der Waals surface area (Å²) in [5.41, 5.74) is 0. The van der Waals surface area contributed by atoms with Gasteiger partial charge in [0.2, 0.25) is 5.91 Å². The molecule has 0 bridgehead atoms. The molecule has 0 radical (unpaired) electrons. The first-order valence-electron chi connectivity index (χ1n) is 6.92. The molecule has 3 rings (SSSR count). The lowest BCUT2D eigenvalue weighted by Crippen LogP contribution is -2.42. The largest absolute Gasteiger partial charge is 0.480 e. The molecular formula is C15H17NO3S. The third-order valence-electron chi connectivity index (χ3n) is 4.36. The van der Waals surface area contributed by atoms with Crippen LogP contribution >= 0.6 is 11.3 Å². The Kier molecular flexibility index (Phi) is 3.61. The van der Waals surface area contributed by atoms with E-state index in [0.29, 0.717) is 12.5 Å². The lowest BCUT2D eigenvalue weighted by Gasteiger charge is -2.23. The van der Waals surface area contributed by atoms with Crippen LogP contribution in [0.25, 0.3) is 6.08 Å². The Labute approximate surface area is 121 Å². The van der Waals surface area contributed by atoms with E-state index in [1.165, 1.54) is 6.08 Å². The van der Waals surface area contributed by atoms with Crippen molar-refractivity contribution < 1.29 is 14.7 Å². The molecule has 1 saturated heterocycles. The second-order valence-electron chi connectivity index (χ2n) is 5.48. The fourth-order valence-electron chi connectivity index (χ4n) is 3.48. The van der Waals surface area contributed by atoms with Crippen molar-refractivity contribution in [3.8, 4) is 0 Å². The van der Waals surface area contributed by atoms with E-state index in [1.807, 2.05) is 17.5 Å². The third kappa shape index (κ3) is 2.38. The summed E-state index contributed by atoms with van der Waals surface area (Å²) < 4.78 is 0. The number of amides is 1. The summed E-state index contributed by atoms with van der Waals surface area (Å²) in [4.78, 5) is 26.3. The molecule has 3 unspecified atom stereocenters. The number of rotatable bonds is 3. The number of hydrogen-bond donors (Lipinski definition) is 1. The topological polar surface area (TPSA) is 57.6 Å². The summed E-state index contributed by atoms with van der Waals surface area (Å²) in [5.74, 6) is -0.528. The molecule has 106 valence electrons. The minimum atomic E-state index is -0.864.